The summed E-state index contributed by atoms with van der Waals surface area (Å²) >= 11 is 0. The molecular formula is C13H15N5O2. The van der Waals surface area contributed by atoms with Gasteiger partial charge in [-0.2, -0.15) is 0 Å². The van der Waals surface area contributed by atoms with Gasteiger partial charge in [-0.1, -0.05) is 6.08 Å². The van der Waals surface area contributed by atoms with Crippen LogP contribution in [0.3, 0.4) is 0 Å². The lowest BCUT2D eigenvalue weighted by molar-refractivity contribution is -0.117. The molecular weight excluding hydrogens is 258 g/mol. The number of rotatable bonds is 4. The molecule has 1 fully saturated rings. The Hall–Kier alpha value is -2.28. The maximum atomic E-state index is 12.1. The Morgan fingerprint density at radius 2 is 2.30 bits per heavy atom. The van der Waals surface area contributed by atoms with Crippen molar-refractivity contribution in [3.8, 4) is 0 Å². The van der Waals surface area contributed by atoms with Crippen LogP contribution in [-0.4, -0.2) is 43.7 Å². The van der Waals surface area contributed by atoms with Crippen molar-refractivity contribution in [2.24, 2.45) is 5.92 Å². The highest BCUT2D eigenvalue weighted by Crippen LogP contribution is 2.28. The zero-order chi connectivity index (χ0) is 14.1. The van der Waals surface area contributed by atoms with Gasteiger partial charge in [-0.05, 0) is 0 Å². The molecule has 1 aliphatic rings. The molecule has 0 aromatic carbocycles. The van der Waals surface area contributed by atoms with Crippen molar-refractivity contribution in [1.82, 2.24) is 19.5 Å². The molecule has 3 rings (SSSR count). The largest absolute Gasteiger partial charge is 0.395 e. The number of carbonyl (C=O) groups excluding carboxylic acids is 1. The van der Waals surface area contributed by atoms with Crippen molar-refractivity contribution in [3.05, 3.63) is 25.3 Å². The molecule has 0 radical (unpaired) electrons. The fourth-order valence-corrected chi connectivity index (χ4v) is 2.44. The van der Waals surface area contributed by atoms with E-state index in [4.69, 9.17) is 5.11 Å². The van der Waals surface area contributed by atoms with Crippen LogP contribution in [0.5, 0.6) is 0 Å². The molecule has 3 heterocycles. The fraction of sp³-hybridized carbons (Fsp3) is 0.385. The van der Waals surface area contributed by atoms with Crippen molar-refractivity contribution in [1.29, 1.82) is 0 Å². The zero-order valence-electron chi connectivity index (χ0n) is 10.9. The normalized spacial score (nSPS) is 18.9. The maximum absolute atomic E-state index is 12.1. The smallest absolute Gasteiger partial charge is 0.228 e. The Labute approximate surface area is 115 Å². The number of fused-ring (bicyclic) bond motifs is 1. The first-order valence-corrected chi connectivity index (χ1v) is 6.44. The van der Waals surface area contributed by atoms with E-state index in [0.29, 0.717) is 36.5 Å². The summed E-state index contributed by atoms with van der Waals surface area (Å²) in [5, 5.41) is 9.02. The number of hydrogen-bond donors (Lipinski definition) is 1. The molecule has 1 atom stereocenters. The minimum atomic E-state index is 0.00593. The minimum Gasteiger partial charge on any atom is -0.395 e. The van der Waals surface area contributed by atoms with Gasteiger partial charge in [-0.25, -0.2) is 15.0 Å². The molecule has 1 N–H and O–H groups in total. The third kappa shape index (κ3) is 1.96. The second kappa shape index (κ2) is 5.01. The monoisotopic (exact) mass is 273 g/mol. The van der Waals surface area contributed by atoms with Gasteiger partial charge in [0.2, 0.25) is 5.91 Å². The van der Waals surface area contributed by atoms with Crippen LogP contribution in [-0.2, 0) is 11.3 Å². The molecule has 1 unspecified atom stereocenters. The van der Waals surface area contributed by atoms with Crippen molar-refractivity contribution in [2.45, 2.75) is 13.0 Å². The van der Waals surface area contributed by atoms with Crippen LogP contribution < -0.4 is 4.90 Å². The van der Waals surface area contributed by atoms with E-state index in [-0.39, 0.29) is 18.4 Å². The van der Waals surface area contributed by atoms with E-state index in [0.717, 1.165) is 0 Å². The molecule has 7 heteroatoms. The number of aliphatic hydroxyl groups is 1. The number of carbonyl (C=O) groups is 1. The van der Waals surface area contributed by atoms with Gasteiger partial charge in [0.25, 0.3) is 0 Å². The predicted octanol–water partition coefficient (Wildman–Crippen LogP) is 0.357. The SMILES string of the molecule is C=CC1CC(=O)N(c2ncnc3c2ncn3CCO)C1. The van der Waals surface area contributed by atoms with Crippen LogP contribution in [0.4, 0.5) is 5.82 Å². The van der Waals surface area contributed by atoms with Gasteiger partial charge in [-0.15, -0.1) is 6.58 Å². The molecule has 1 saturated heterocycles. The Kier molecular flexibility index (Phi) is 3.19. The van der Waals surface area contributed by atoms with Crippen LogP contribution in [0.15, 0.2) is 25.3 Å². The predicted molar refractivity (Wildman–Crippen MR) is 73.1 cm³/mol. The second-order valence-corrected chi connectivity index (χ2v) is 4.74. The number of aromatic nitrogens is 4. The number of imidazole rings is 1. The van der Waals surface area contributed by atoms with Gasteiger partial charge in [0.1, 0.15) is 6.33 Å². The van der Waals surface area contributed by atoms with Crippen molar-refractivity contribution in [2.75, 3.05) is 18.1 Å². The van der Waals surface area contributed by atoms with Crippen LogP contribution >= 0.6 is 0 Å². The lowest BCUT2D eigenvalue weighted by Crippen LogP contribution is -2.25. The highest BCUT2D eigenvalue weighted by atomic mass is 16.3. The Bertz CT molecular complexity index is 666. The summed E-state index contributed by atoms with van der Waals surface area (Å²) in [5.41, 5.74) is 1.21. The summed E-state index contributed by atoms with van der Waals surface area (Å²) < 4.78 is 1.74. The first kappa shape index (κ1) is 12.7. The first-order valence-electron chi connectivity index (χ1n) is 6.44. The second-order valence-electron chi connectivity index (χ2n) is 4.74. The van der Waals surface area contributed by atoms with Gasteiger partial charge in [0, 0.05) is 25.4 Å². The summed E-state index contributed by atoms with van der Waals surface area (Å²) in [6.45, 7) is 4.73. The molecule has 104 valence electrons. The van der Waals surface area contributed by atoms with Gasteiger partial charge >= 0.3 is 0 Å². The van der Waals surface area contributed by atoms with Crippen LogP contribution in [0, 0.1) is 5.92 Å². The van der Waals surface area contributed by atoms with Crippen molar-refractivity contribution in [3.63, 3.8) is 0 Å². The molecule has 0 bridgehead atoms. The topological polar surface area (TPSA) is 84.1 Å². The van der Waals surface area contributed by atoms with Gasteiger partial charge < -0.3 is 9.67 Å². The van der Waals surface area contributed by atoms with E-state index in [1.807, 2.05) is 0 Å². The number of amides is 1. The molecule has 0 saturated carbocycles. The Morgan fingerprint density at radius 3 is 3.00 bits per heavy atom. The molecule has 2 aromatic heterocycles. The maximum Gasteiger partial charge on any atom is 0.228 e. The van der Waals surface area contributed by atoms with Crippen LogP contribution in [0.25, 0.3) is 11.2 Å². The first-order chi connectivity index (χ1) is 9.74. The molecule has 0 aliphatic carbocycles. The third-order valence-corrected chi connectivity index (χ3v) is 3.47. The van der Waals surface area contributed by atoms with Crippen LogP contribution in [0.2, 0.25) is 0 Å². The highest BCUT2D eigenvalue weighted by Gasteiger charge is 2.31. The number of aliphatic hydroxyl groups excluding tert-OH is 1. The van der Waals surface area contributed by atoms with E-state index in [1.54, 1.807) is 21.9 Å². The lowest BCUT2D eigenvalue weighted by atomic mass is 10.1. The fourth-order valence-electron chi connectivity index (χ4n) is 2.44. The van der Waals surface area contributed by atoms with Gasteiger partial charge in [-0.3, -0.25) is 9.69 Å². The molecule has 1 amide bonds. The van der Waals surface area contributed by atoms with E-state index < -0.39 is 0 Å². The molecule has 20 heavy (non-hydrogen) atoms. The summed E-state index contributed by atoms with van der Waals surface area (Å²) in [4.78, 5) is 26.3. The molecule has 1 aliphatic heterocycles. The van der Waals surface area contributed by atoms with E-state index in [9.17, 15) is 4.79 Å². The minimum absolute atomic E-state index is 0.00593. The molecule has 2 aromatic rings. The van der Waals surface area contributed by atoms with E-state index in [1.165, 1.54) is 6.33 Å². The van der Waals surface area contributed by atoms with Crippen molar-refractivity contribution < 1.29 is 9.90 Å². The van der Waals surface area contributed by atoms with Crippen molar-refractivity contribution >= 4 is 22.9 Å². The Balaban J connectivity index is 2.04. The summed E-state index contributed by atoms with van der Waals surface area (Å²) in [5.74, 6) is 0.694. The molecule has 7 nitrogen and oxygen atoms in total. The average molecular weight is 273 g/mol. The standard InChI is InChI=1S/C13H15N5O2/c1-2-9-5-10(20)18(6-9)13-11-12(14-7-15-13)17(3-4-19)8-16-11/h2,7-9,19H,1,3-6H2. The van der Waals surface area contributed by atoms with Gasteiger partial charge in [0.05, 0.1) is 12.9 Å². The average Bonchev–Trinajstić information content (AvgIpc) is 3.03. The number of anilines is 1. The number of hydrogen-bond acceptors (Lipinski definition) is 5. The van der Waals surface area contributed by atoms with Crippen LogP contribution in [0.1, 0.15) is 6.42 Å². The quantitative estimate of drug-likeness (QED) is 0.813. The molecule has 0 spiro atoms. The highest BCUT2D eigenvalue weighted by molar-refractivity contribution is 6.00. The zero-order valence-corrected chi connectivity index (χ0v) is 10.9. The summed E-state index contributed by atoms with van der Waals surface area (Å²) in [6, 6.07) is 0. The summed E-state index contributed by atoms with van der Waals surface area (Å²) in [6.07, 6.45) is 5.26. The Morgan fingerprint density at radius 1 is 1.45 bits per heavy atom. The number of nitrogens with zero attached hydrogens (tertiary/aromatic N) is 5. The lowest BCUT2D eigenvalue weighted by Gasteiger charge is -2.15. The van der Waals surface area contributed by atoms with Gasteiger partial charge in [0.15, 0.2) is 17.0 Å². The van der Waals surface area contributed by atoms with E-state index >= 15 is 0 Å². The summed E-state index contributed by atoms with van der Waals surface area (Å²) in [7, 11) is 0. The third-order valence-electron chi connectivity index (χ3n) is 3.47. The van der Waals surface area contributed by atoms with E-state index in [2.05, 4.69) is 21.5 Å².